The summed E-state index contributed by atoms with van der Waals surface area (Å²) in [6, 6.07) is 4.57. The normalized spacial score (nSPS) is 21.7. The molecule has 0 aliphatic carbocycles. The summed E-state index contributed by atoms with van der Waals surface area (Å²) in [6.07, 6.45) is 1.83. The van der Waals surface area contributed by atoms with Gasteiger partial charge in [0.15, 0.2) is 0 Å². The van der Waals surface area contributed by atoms with Crippen LogP contribution in [-0.4, -0.2) is 34.5 Å². The molecule has 2 rings (SSSR count). The molecular weight excluding hydrogens is 276 g/mol. The molecule has 1 fully saturated rings. The number of benzene rings is 1. The molecule has 5 nitrogen and oxygen atoms in total. The van der Waals surface area contributed by atoms with Gasteiger partial charge in [-0.3, -0.25) is 4.79 Å². The number of rotatable bonds is 3. The molecule has 0 spiro atoms. The lowest BCUT2D eigenvalue weighted by atomic mass is 10.0. The van der Waals surface area contributed by atoms with Gasteiger partial charge in [-0.25, -0.2) is 4.79 Å². The molecule has 1 heterocycles. The highest BCUT2D eigenvalue weighted by Crippen LogP contribution is 2.40. The van der Waals surface area contributed by atoms with Gasteiger partial charge in [0.2, 0.25) is 5.91 Å². The van der Waals surface area contributed by atoms with Crippen molar-refractivity contribution in [3.05, 3.63) is 23.8 Å². The molecule has 0 saturated carbocycles. The molecule has 20 heavy (non-hydrogen) atoms. The average Bonchev–Trinajstić information content (AvgIpc) is 2.85. The maximum Gasteiger partial charge on any atom is 0.337 e. The number of hydrogen-bond acceptors (Lipinski definition) is 4. The van der Waals surface area contributed by atoms with E-state index in [0.29, 0.717) is 11.4 Å². The minimum atomic E-state index is -1.09. The Bertz CT molecular complexity index is 553. The van der Waals surface area contributed by atoms with Gasteiger partial charge in [0, 0.05) is 12.7 Å². The number of carbonyl (C=O) groups is 2. The SMILES string of the molecule is CN(C(=O)C1(C)CCCS1)c1ccc(N)cc1C(=O)O. The van der Waals surface area contributed by atoms with Crippen molar-refractivity contribution in [2.45, 2.75) is 24.5 Å². The number of nitrogen functional groups attached to an aromatic ring is 1. The molecule has 1 aromatic carbocycles. The Morgan fingerprint density at radius 2 is 2.15 bits per heavy atom. The number of thioether (sulfide) groups is 1. The summed E-state index contributed by atoms with van der Waals surface area (Å²) >= 11 is 1.63. The second kappa shape index (κ2) is 5.36. The zero-order chi connectivity index (χ0) is 14.9. The highest BCUT2D eigenvalue weighted by atomic mass is 32.2. The van der Waals surface area contributed by atoms with Crippen LogP contribution in [-0.2, 0) is 4.79 Å². The zero-order valence-electron chi connectivity index (χ0n) is 11.5. The number of nitrogens with two attached hydrogens (primary N) is 1. The molecule has 1 aliphatic heterocycles. The number of amides is 1. The van der Waals surface area contributed by atoms with Crippen LogP contribution in [0.15, 0.2) is 18.2 Å². The van der Waals surface area contributed by atoms with E-state index in [0.717, 1.165) is 18.6 Å². The van der Waals surface area contributed by atoms with E-state index in [4.69, 9.17) is 5.73 Å². The molecule has 1 amide bonds. The topological polar surface area (TPSA) is 83.6 Å². The molecule has 0 aromatic heterocycles. The second-order valence-electron chi connectivity index (χ2n) is 5.13. The molecule has 3 N–H and O–H groups in total. The zero-order valence-corrected chi connectivity index (χ0v) is 12.4. The Balaban J connectivity index is 2.36. The highest BCUT2D eigenvalue weighted by Gasteiger charge is 2.40. The van der Waals surface area contributed by atoms with E-state index < -0.39 is 10.7 Å². The summed E-state index contributed by atoms with van der Waals surface area (Å²) in [4.78, 5) is 25.3. The lowest BCUT2D eigenvalue weighted by Gasteiger charge is -2.29. The lowest BCUT2D eigenvalue weighted by Crippen LogP contribution is -2.42. The fourth-order valence-corrected chi connectivity index (χ4v) is 3.72. The number of hydrogen-bond donors (Lipinski definition) is 2. The smallest absolute Gasteiger partial charge is 0.337 e. The average molecular weight is 294 g/mol. The first-order valence-corrected chi connectivity index (χ1v) is 7.38. The first-order chi connectivity index (χ1) is 9.35. The van der Waals surface area contributed by atoms with Crippen molar-refractivity contribution in [1.29, 1.82) is 0 Å². The molecule has 1 atom stereocenters. The van der Waals surface area contributed by atoms with Crippen molar-refractivity contribution in [2.75, 3.05) is 23.4 Å². The van der Waals surface area contributed by atoms with Gasteiger partial charge in [0.1, 0.15) is 0 Å². The quantitative estimate of drug-likeness (QED) is 0.835. The molecule has 1 aliphatic rings. The third kappa shape index (κ3) is 2.60. The van der Waals surface area contributed by atoms with Crippen molar-refractivity contribution in [1.82, 2.24) is 0 Å². The third-order valence-corrected chi connectivity index (χ3v) is 5.10. The van der Waals surface area contributed by atoms with Crippen LogP contribution in [0.2, 0.25) is 0 Å². The molecule has 108 valence electrons. The van der Waals surface area contributed by atoms with Crippen molar-refractivity contribution >= 4 is 35.0 Å². The van der Waals surface area contributed by atoms with E-state index in [1.165, 1.54) is 11.0 Å². The fourth-order valence-electron chi connectivity index (χ4n) is 2.43. The summed E-state index contributed by atoms with van der Waals surface area (Å²) in [5.74, 6) is -0.188. The Morgan fingerprint density at radius 1 is 1.45 bits per heavy atom. The standard InChI is InChI=1S/C14H18N2O3S/c1-14(6-3-7-20-14)13(19)16(2)11-5-4-9(15)8-10(11)12(17)18/h4-5,8H,3,6-7,15H2,1-2H3,(H,17,18). The van der Waals surface area contributed by atoms with Crippen LogP contribution in [0.25, 0.3) is 0 Å². The van der Waals surface area contributed by atoms with Gasteiger partial charge in [-0.2, -0.15) is 0 Å². The van der Waals surface area contributed by atoms with E-state index >= 15 is 0 Å². The first kappa shape index (κ1) is 14.7. The van der Waals surface area contributed by atoms with Gasteiger partial charge < -0.3 is 15.7 Å². The van der Waals surface area contributed by atoms with Gasteiger partial charge >= 0.3 is 5.97 Å². The van der Waals surface area contributed by atoms with Crippen LogP contribution in [0, 0.1) is 0 Å². The first-order valence-electron chi connectivity index (χ1n) is 6.40. The van der Waals surface area contributed by atoms with Gasteiger partial charge in [-0.1, -0.05) is 0 Å². The fraction of sp³-hybridized carbons (Fsp3) is 0.429. The number of carboxylic acid groups (broad SMARTS) is 1. The van der Waals surface area contributed by atoms with E-state index in [2.05, 4.69) is 0 Å². The minimum Gasteiger partial charge on any atom is -0.478 e. The van der Waals surface area contributed by atoms with Crippen LogP contribution in [0.4, 0.5) is 11.4 Å². The summed E-state index contributed by atoms with van der Waals surface area (Å²) in [6.45, 7) is 1.92. The molecular formula is C14H18N2O3S. The van der Waals surface area contributed by atoms with Gasteiger partial charge in [0.25, 0.3) is 0 Å². The summed E-state index contributed by atoms with van der Waals surface area (Å²) in [5, 5.41) is 9.25. The van der Waals surface area contributed by atoms with Gasteiger partial charge in [-0.15, -0.1) is 11.8 Å². The van der Waals surface area contributed by atoms with E-state index in [9.17, 15) is 14.7 Å². The molecule has 6 heteroatoms. The monoisotopic (exact) mass is 294 g/mol. The number of carbonyl (C=O) groups excluding carboxylic acids is 1. The minimum absolute atomic E-state index is 0.0486. The maximum atomic E-state index is 12.6. The summed E-state index contributed by atoms with van der Waals surface area (Å²) in [5.41, 5.74) is 6.42. The van der Waals surface area contributed by atoms with Crippen molar-refractivity contribution in [2.24, 2.45) is 0 Å². The van der Waals surface area contributed by atoms with E-state index in [1.807, 2.05) is 6.92 Å². The Labute approximate surface area is 122 Å². The van der Waals surface area contributed by atoms with Crippen LogP contribution >= 0.6 is 11.8 Å². The van der Waals surface area contributed by atoms with Gasteiger partial charge in [-0.05, 0) is 43.7 Å². The molecule has 0 bridgehead atoms. The third-order valence-electron chi connectivity index (χ3n) is 3.59. The largest absolute Gasteiger partial charge is 0.478 e. The lowest BCUT2D eigenvalue weighted by molar-refractivity contribution is -0.120. The molecule has 1 saturated heterocycles. The van der Waals surface area contributed by atoms with Crippen molar-refractivity contribution in [3.63, 3.8) is 0 Å². The number of nitrogens with zero attached hydrogens (tertiary/aromatic N) is 1. The predicted octanol–water partition coefficient (Wildman–Crippen LogP) is 2.22. The molecule has 1 unspecified atom stereocenters. The Kier molecular flexibility index (Phi) is 3.94. The maximum absolute atomic E-state index is 12.6. The van der Waals surface area contributed by atoms with Crippen LogP contribution in [0.5, 0.6) is 0 Å². The number of anilines is 2. The van der Waals surface area contributed by atoms with E-state index in [1.54, 1.807) is 30.9 Å². The Hall–Kier alpha value is -1.69. The second-order valence-corrected chi connectivity index (χ2v) is 6.73. The molecule has 1 aromatic rings. The van der Waals surface area contributed by atoms with Crippen molar-refractivity contribution in [3.8, 4) is 0 Å². The van der Waals surface area contributed by atoms with Crippen molar-refractivity contribution < 1.29 is 14.7 Å². The Morgan fingerprint density at radius 3 is 2.70 bits per heavy atom. The summed E-state index contributed by atoms with van der Waals surface area (Å²) in [7, 11) is 1.62. The molecule has 0 radical (unpaired) electrons. The highest BCUT2D eigenvalue weighted by molar-refractivity contribution is 8.01. The van der Waals surface area contributed by atoms with Gasteiger partial charge in [0.05, 0.1) is 16.0 Å². The van der Waals surface area contributed by atoms with Crippen LogP contribution in [0.1, 0.15) is 30.1 Å². The number of carboxylic acids is 1. The predicted molar refractivity (Wildman–Crippen MR) is 81.3 cm³/mol. The summed E-state index contributed by atoms with van der Waals surface area (Å²) < 4.78 is -0.466. The van der Waals surface area contributed by atoms with Crippen LogP contribution < -0.4 is 10.6 Å². The van der Waals surface area contributed by atoms with Crippen LogP contribution in [0.3, 0.4) is 0 Å². The number of aromatic carboxylic acids is 1. The van der Waals surface area contributed by atoms with E-state index in [-0.39, 0.29) is 11.5 Å².